The highest BCUT2D eigenvalue weighted by Gasteiger charge is 2.22. The summed E-state index contributed by atoms with van der Waals surface area (Å²) in [5, 5.41) is 4.85. The van der Waals surface area contributed by atoms with Gasteiger partial charge in [0, 0.05) is 35.8 Å². The van der Waals surface area contributed by atoms with Crippen molar-refractivity contribution in [2.75, 3.05) is 0 Å². The lowest BCUT2D eigenvalue weighted by Gasteiger charge is -2.22. The smallest absolute Gasteiger partial charge is 0.169 e. The highest BCUT2D eigenvalue weighted by Crippen LogP contribution is 2.38. The van der Waals surface area contributed by atoms with E-state index in [9.17, 15) is 4.79 Å². The van der Waals surface area contributed by atoms with Gasteiger partial charge >= 0.3 is 0 Å². The Kier molecular flexibility index (Phi) is 4.06. The van der Waals surface area contributed by atoms with Crippen molar-refractivity contribution in [3.8, 4) is 11.3 Å². The minimum absolute atomic E-state index is 0.120. The fraction of sp³-hybridized carbons (Fsp3) is 0.250. The van der Waals surface area contributed by atoms with Crippen LogP contribution in [0.2, 0.25) is 0 Å². The first-order valence-electron chi connectivity index (χ1n) is 8.48. The maximum atomic E-state index is 11.7. The maximum Gasteiger partial charge on any atom is 0.169 e. The summed E-state index contributed by atoms with van der Waals surface area (Å²) >= 11 is 0. The quantitative estimate of drug-likeness (QED) is 0.695. The number of hydrogen-bond acceptors (Lipinski definition) is 4. The van der Waals surface area contributed by atoms with E-state index in [-0.39, 0.29) is 5.78 Å². The van der Waals surface area contributed by atoms with Crippen molar-refractivity contribution in [3.63, 3.8) is 0 Å². The van der Waals surface area contributed by atoms with E-state index in [2.05, 4.69) is 27.8 Å². The molecule has 0 spiro atoms. The first kappa shape index (κ1) is 15.6. The number of pyridine rings is 1. The largest absolute Gasteiger partial charge is 0.356 e. The molecule has 0 aliphatic heterocycles. The van der Waals surface area contributed by atoms with Crippen LogP contribution in [0, 0.1) is 5.92 Å². The van der Waals surface area contributed by atoms with E-state index in [0.717, 1.165) is 47.2 Å². The van der Waals surface area contributed by atoms with Gasteiger partial charge in [-0.1, -0.05) is 17.8 Å². The summed E-state index contributed by atoms with van der Waals surface area (Å²) in [7, 11) is 0. The first-order valence-corrected chi connectivity index (χ1v) is 8.48. The van der Waals surface area contributed by atoms with Crippen LogP contribution in [0.3, 0.4) is 0 Å². The number of fused-ring (bicyclic) bond motifs is 1. The van der Waals surface area contributed by atoms with E-state index in [4.69, 9.17) is 4.52 Å². The standard InChI is InChI=1S/C20H19N3O2/c1-2-15(24)11-13-4-3-5-14(10-13)16-6-8-21-20-19(16)17(12-22-20)18-7-9-23-25-18/h2,5-9,12-13H,1,3-4,10-11H2,(H,21,22)/t13-/m0/s1. The molecule has 1 atom stereocenters. The Morgan fingerprint density at radius 3 is 3.08 bits per heavy atom. The van der Waals surface area contributed by atoms with Gasteiger partial charge in [0.05, 0.1) is 6.20 Å². The van der Waals surface area contributed by atoms with Crippen LogP contribution in [-0.4, -0.2) is 20.9 Å². The lowest BCUT2D eigenvalue weighted by molar-refractivity contribution is -0.115. The molecule has 3 heterocycles. The molecule has 0 saturated heterocycles. The fourth-order valence-electron chi connectivity index (χ4n) is 3.62. The Bertz CT molecular complexity index is 951. The van der Waals surface area contributed by atoms with Crippen LogP contribution in [0.1, 0.15) is 31.2 Å². The minimum Gasteiger partial charge on any atom is -0.356 e. The number of hydrogen-bond donors (Lipinski definition) is 1. The lowest BCUT2D eigenvalue weighted by Crippen LogP contribution is -2.11. The average Bonchev–Trinajstić information content (AvgIpc) is 3.30. The van der Waals surface area contributed by atoms with Gasteiger partial charge < -0.3 is 9.51 Å². The van der Waals surface area contributed by atoms with Gasteiger partial charge in [0.1, 0.15) is 5.65 Å². The zero-order valence-corrected chi connectivity index (χ0v) is 13.9. The SMILES string of the molecule is C=CC(=O)C[C@H]1CCC=C(c2ccnc3[nH]cc(-c4ccno4)c23)C1. The van der Waals surface area contributed by atoms with E-state index in [1.165, 1.54) is 11.6 Å². The van der Waals surface area contributed by atoms with Crippen LogP contribution >= 0.6 is 0 Å². The molecular formula is C20H19N3O2. The molecule has 25 heavy (non-hydrogen) atoms. The van der Waals surface area contributed by atoms with Crippen LogP contribution in [0.4, 0.5) is 0 Å². The molecule has 5 nitrogen and oxygen atoms in total. The summed E-state index contributed by atoms with van der Waals surface area (Å²) in [6.07, 6.45) is 12.5. The number of nitrogens with one attached hydrogen (secondary N) is 1. The van der Waals surface area contributed by atoms with Crippen molar-refractivity contribution in [3.05, 3.63) is 55.0 Å². The topological polar surface area (TPSA) is 71.8 Å². The van der Waals surface area contributed by atoms with E-state index in [1.54, 1.807) is 6.20 Å². The Morgan fingerprint density at radius 2 is 2.28 bits per heavy atom. The predicted octanol–water partition coefficient (Wildman–Crippen LogP) is 4.55. The molecule has 0 bridgehead atoms. The van der Waals surface area contributed by atoms with Crippen LogP contribution in [0.15, 0.2) is 54.0 Å². The third-order valence-corrected chi connectivity index (χ3v) is 4.81. The number of aromatic amines is 1. The van der Waals surface area contributed by atoms with E-state index < -0.39 is 0 Å². The predicted molar refractivity (Wildman–Crippen MR) is 96.7 cm³/mol. The van der Waals surface area contributed by atoms with Crippen LogP contribution in [0.25, 0.3) is 27.9 Å². The van der Waals surface area contributed by atoms with Gasteiger partial charge in [0.15, 0.2) is 11.5 Å². The second kappa shape index (κ2) is 6.51. The number of ketones is 1. The molecule has 0 radical (unpaired) electrons. The fourth-order valence-corrected chi connectivity index (χ4v) is 3.62. The normalized spacial score (nSPS) is 17.4. The molecule has 0 aromatic carbocycles. The molecule has 0 fully saturated rings. The molecule has 4 rings (SSSR count). The highest BCUT2D eigenvalue weighted by atomic mass is 16.5. The number of allylic oxidation sites excluding steroid dienone is 3. The molecule has 0 amide bonds. The molecule has 3 aromatic rings. The summed E-state index contributed by atoms with van der Waals surface area (Å²) < 4.78 is 5.34. The van der Waals surface area contributed by atoms with Gasteiger partial charge in [-0.2, -0.15) is 0 Å². The summed E-state index contributed by atoms with van der Waals surface area (Å²) in [6, 6.07) is 3.89. The van der Waals surface area contributed by atoms with Crippen molar-refractivity contribution in [1.82, 2.24) is 15.1 Å². The Hall–Kier alpha value is -2.95. The molecule has 5 heteroatoms. The summed E-state index contributed by atoms with van der Waals surface area (Å²) in [5.74, 6) is 1.20. The molecule has 3 aromatic heterocycles. The molecular weight excluding hydrogens is 314 g/mol. The number of aromatic nitrogens is 3. The number of H-pyrrole nitrogens is 1. The van der Waals surface area contributed by atoms with Gasteiger partial charge in [-0.25, -0.2) is 4.98 Å². The van der Waals surface area contributed by atoms with Gasteiger partial charge in [-0.15, -0.1) is 0 Å². The number of carbonyl (C=O) groups excluding carboxylic acids is 1. The van der Waals surface area contributed by atoms with Gasteiger partial charge in [0.25, 0.3) is 0 Å². The van der Waals surface area contributed by atoms with Crippen molar-refractivity contribution in [2.24, 2.45) is 5.92 Å². The van der Waals surface area contributed by atoms with Gasteiger partial charge in [-0.05, 0) is 48.5 Å². The highest BCUT2D eigenvalue weighted by molar-refractivity contribution is 6.00. The minimum atomic E-state index is 0.120. The van der Waals surface area contributed by atoms with E-state index in [0.29, 0.717) is 12.3 Å². The number of rotatable bonds is 5. The van der Waals surface area contributed by atoms with Crippen LogP contribution < -0.4 is 0 Å². The number of carbonyl (C=O) groups is 1. The van der Waals surface area contributed by atoms with Gasteiger partial charge in [-0.3, -0.25) is 4.79 Å². The third kappa shape index (κ3) is 2.93. The van der Waals surface area contributed by atoms with E-state index in [1.807, 2.05) is 24.5 Å². The Labute approximate surface area is 145 Å². The molecule has 0 unspecified atom stereocenters. The zero-order valence-electron chi connectivity index (χ0n) is 13.9. The molecule has 1 aliphatic rings. The maximum absolute atomic E-state index is 11.7. The first-order chi connectivity index (χ1) is 12.3. The van der Waals surface area contributed by atoms with E-state index >= 15 is 0 Å². The monoisotopic (exact) mass is 333 g/mol. The van der Waals surface area contributed by atoms with Crippen molar-refractivity contribution in [2.45, 2.75) is 25.7 Å². The molecule has 1 N–H and O–H groups in total. The van der Waals surface area contributed by atoms with Crippen molar-refractivity contribution < 1.29 is 9.32 Å². The van der Waals surface area contributed by atoms with Crippen molar-refractivity contribution in [1.29, 1.82) is 0 Å². The molecule has 126 valence electrons. The molecule has 0 saturated carbocycles. The summed E-state index contributed by atoms with van der Waals surface area (Å²) in [5.41, 5.74) is 4.20. The van der Waals surface area contributed by atoms with Crippen LogP contribution in [-0.2, 0) is 4.79 Å². The second-order valence-corrected chi connectivity index (χ2v) is 6.41. The second-order valence-electron chi connectivity index (χ2n) is 6.41. The Morgan fingerprint density at radius 1 is 1.36 bits per heavy atom. The lowest BCUT2D eigenvalue weighted by atomic mass is 9.82. The number of nitrogens with zero attached hydrogens (tertiary/aromatic N) is 2. The van der Waals surface area contributed by atoms with Crippen LogP contribution in [0.5, 0.6) is 0 Å². The van der Waals surface area contributed by atoms with Gasteiger partial charge in [0.2, 0.25) is 0 Å². The third-order valence-electron chi connectivity index (χ3n) is 4.81. The average molecular weight is 333 g/mol. The zero-order chi connectivity index (χ0) is 17.2. The Balaban J connectivity index is 1.74. The van der Waals surface area contributed by atoms with Crippen molar-refractivity contribution >= 4 is 22.4 Å². The summed E-state index contributed by atoms with van der Waals surface area (Å²) in [6.45, 7) is 3.58. The summed E-state index contributed by atoms with van der Waals surface area (Å²) in [4.78, 5) is 19.4. The molecule has 1 aliphatic carbocycles.